The molecule has 38 heavy (non-hydrogen) atoms. The highest BCUT2D eigenvalue weighted by atomic mass is 35.5. The van der Waals surface area contributed by atoms with Gasteiger partial charge in [-0.3, -0.25) is 4.57 Å². The van der Waals surface area contributed by atoms with Gasteiger partial charge in [0.25, 0.3) is 10.0 Å². The molecule has 12 heteroatoms. The summed E-state index contributed by atoms with van der Waals surface area (Å²) in [5.74, 6) is -0.0907. The van der Waals surface area contributed by atoms with Crippen molar-refractivity contribution < 1.29 is 21.6 Å². The van der Waals surface area contributed by atoms with E-state index in [0.717, 1.165) is 44.4 Å². The molecule has 204 valence electrons. The van der Waals surface area contributed by atoms with Crippen molar-refractivity contribution in [3.63, 3.8) is 0 Å². The number of fused-ring (bicyclic) bond motifs is 1. The molecule has 1 atom stereocenters. The summed E-state index contributed by atoms with van der Waals surface area (Å²) in [6.45, 7) is 5.85. The maximum atomic E-state index is 13.5. The fourth-order valence-electron chi connectivity index (χ4n) is 5.29. The standard InChI is InChI=1S/C26H29ClF3N5O2S/c1-17-5-8-23(34-12-10-33(2)11-13-34)21-15-19(6-7-20(17)21)32-38(36,37)24-4-3-9-35(24)25-22(27)14-18(16-31-25)26(28,29)30/h3-5,8-9,14,16,19,32H,6-7,10-13,15H2,1-2H3/t19-/m1/s1. The van der Waals surface area contributed by atoms with Crippen molar-refractivity contribution in [2.45, 2.75) is 43.4 Å². The van der Waals surface area contributed by atoms with Crippen molar-refractivity contribution in [3.8, 4) is 5.82 Å². The average Bonchev–Trinajstić information content (AvgIpc) is 3.35. The van der Waals surface area contributed by atoms with Gasteiger partial charge in [-0.2, -0.15) is 13.2 Å². The summed E-state index contributed by atoms with van der Waals surface area (Å²) in [7, 11) is -1.93. The molecule has 3 aromatic rings. The summed E-state index contributed by atoms with van der Waals surface area (Å²) in [5, 5.41) is -0.438. The number of anilines is 1. The number of nitrogens with zero attached hydrogens (tertiary/aromatic N) is 4. The van der Waals surface area contributed by atoms with Crippen molar-refractivity contribution in [2.75, 3.05) is 38.1 Å². The van der Waals surface area contributed by atoms with Gasteiger partial charge in [-0.15, -0.1) is 0 Å². The minimum atomic E-state index is -4.61. The van der Waals surface area contributed by atoms with Gasteiger partial charge < -0.3 is 9.80 Å². The monoisotopic (exact) mass is 567 g/mol. The van der Waals surface area contributed by atoms with Gasteiger partial charge in [0.15, 0.2) is 10.8 Å². The second kappa shape index (κ2) is 10.2. The van der Waals surface area contributed by atoms with Crippen molar-refractivity contribution in [1.82, 2.24) is 19.2 Å². The largest absolute Gasteiger partial charge is 0.417 e. The number of likely N-dealkylation sites (N-methyl/N-ethyl adjacent to an activating group) is 1. The molecular weight excluding hydrogens is 539 g/mol. The molecule has 1 fully saturated rings. The summed E-state index contributed by atoms with van der Waals surface area (Å²) in [6.07, 6.45) is -0.603. The smallest absolute Gasteiger partial charge is 0.369 e. The first-order valence-electron chi connectivity index (χ1n) is 12.4. The highest BCUT2D eigenvalue weighted by Gasteiger charge is 2.33. The van der Waals surface area contributed by atoms with E-state index in [1.807, 2.05) is 0 Å². The molecule has 7 nitrogen and oxygen atoms in total. The summed E-state index contributed by atoms with van der Waals surface area (Å²) >= 11 is 6.11. The normalized spacial score (nSPS) is 19.0. The van der Waals surface area contributed by atoms with Crippen molar-refractivity contribution in [3.05, 3.63) is 70.0 Å². The van der Waals surface area contributed by atoms with Crippen LogP contribution in [-0.2, 0) is 29.0 Å². The number of piperazine rings is 1. The maximum Gasteiger partial charge on any atom is 0.417 e. The van der Waals surface area contributed by atoms with Gasteiger partial charge in [-0.1, -0.05) is 17.7 Å². The molecule has 0 saturated carbocycles. The first kappa shape index (κ1) is 27.0. The van der Waals surface area contributed by atoms with E-state index in [1.54, 1.807) is 0 Å². The Balaban J connectivity index is 1.40. The molecule has 1 N–H and O–H groups in total. The molecule has 3 heterocycles. The SMILES string of the molecule is Cc1ccc(N2CCN(C)CC2)c2c1CC[C@@H](NS(=O)(=O)c1cccn1-c1ncc(C(F)(F)F)cc1Cl)C2. The van der Waals surface area contributed by atoms with Crippen LogP contribution >= 0.6 is 11.6 Å². The van der Waals surface area contributed by atoms with E-state index in [2.05, 4.69) is 45.6 Å². The van der Waals surface area contributed by atoms with E-state index in [-0.39, 0.29) is 21.9 Å². The molecule has 1 aliphatic carbocycles. The Hall–Kier alpha value is -2.60. The number of benzene rings is 1. The van der Waals surface area contributed by atoms with Crippen molar-refractivity contribution >= 4 is 27.3 Å². The van der Waals surface area contributed by atoms with Crippen LogP contribution in [0.2, 0.25) is 5.02 Å². The van der Waals surface area contributed by atoms with Crippen LogP contribution < -0.4 is 9.62 Å². The molecule has 1 saturated heterocycles. The van der Waals surface area contributed by atoms with Crippen LogP contribution in [0.5, 0.6) is 0 Å². The third-order valence-corrected chi connectivity index (χ3v) is 9.17. The number of hydrogen-bond donors (Lipinski definition) is 1. The number of hydrogen-bond acceptors (Lipinski definition) is 5. The highest BCUT2D eigenvalue weighted by molar-refractivity contribution is 7.89. The Morgan fingerprint density at radius 1 is 1.11 bits per heavy atom. The number of aromatic nitrogens is 2. The van der Waals surface area contributed by atoms with Gasteiger partial charge in [-0.25, -0.2) is 18.1 Å². The van der Waals surface area contributed by atoms with Crippen LogP contribution in [0.25, 0.3) is 5.82 Å². The highest BCUT2D eigenvalue weighted by Crippen LogP contribution is 2.35. The van der Waals surface area contributed by atoms with Gasteiger partial charge in [0.05, 0.1) is 10.6 Å². The van der Waals surface area contributed by atoms with E-state index in [1.165, 1.54) is 39.6 Å². The number of alkyl halides is 3. The Morgan fingerprint density at radius 2 is 1.84 bits per heavy atom. The van der Waals surface area contributed by atoms with Crippen LogP contribution in [0.4, 0.5) is 18.9 Å². The number of pyridine rings is 1. The number of sulfonamides is 1. The molecule has 0 unspecified atom stereocenters. The van der Waals surface area contributed by atoms with Crippen LogP contribution in [0, 0.1) is 6.92 Å². The zero-order valence-electron chi connectivity index (χ0n) is 21.1. The summed E-state index contributed by atoms with van der Waals surface area (Å²) in [5.41, 5.74) is 3.81. The summed E-state index contributed by atoms with van der Waals surface area (Å²) in [4.78, 5) is 8.49. The van der Waals surface area contributed by atoms with Gasteiger partial charge in [0.2, 0.25) is 0 Å². The van der Waals surface area contributed by atoms with Crippen LogP contribution in [0.3, 0.4) is 0 Å². The van der Waals surface area contributed by atoms with E-state index in [0.29, 0.717) is 19.0 Å². The third-order valence-electron chi connectivity index (χ3n) is 7.36. The molecular formula is C26H29ClF3N5O2S. The molecule has 2 aromatic heterocycles. The summed E-state index contributed by atoms with van der Waals surface area (Å²) in [6, 6.07) is 7.57. The lowest BCUT2D eigenvalue weighted by Crippen LogP contribution is -2.45. The van der Waals surface area contributed by atoms with Crippen LogP contribution in [-0.4, -0.2) is 62.1 Å². The van der Waals surface area contributed by atoms with Crippen molar-refractivity contribution in [1.29, 1.82) is 0 Å². The second-order valence-corrected chi connectivity index (χ2v) is 12.0. The van der Waals surface area contributed by atoms with E-state index in [4.69, 9.17) is 11.6 Å². The Bertz CT molecular complexity index is 1450. The molecule has 0 amide bonds. The molecule has 1 aromatic carbocycles. The second-order valence-electron chi connectivity index (χ2n) is 9.95. The zero-order chi connectivity index (χ0) is 27.2. The Morgan fingerprint density at radius 3 is 2.53 bits per heavy atom. The predicted octanol–water partition coefficient (Wildman–Crippen LogP) is 4.44. The van der Waals surface area contributed by atoms with Gasteiger partial charge >= 0.3 is 6.18 Å². The molecule has 0 radical (unpaired) electrons. The van der Waals surface area contributed by atoms with Crippen LogP contribution in [0.15, 0.2) is 47.8 Å². The first-order valence-corrected chi connectivity index (χ1v) is 14.3. The number of rotatable bonds is 5. The minimum Gasteiger partial charge on any atom is -0.369 e. The lowest BCUT2D eigenvalue weighted by molar-refractivity contribution is -0.137. The quantitative estimate of drug-likeness (QED) is 0.494. The maximum absolute atomic E-state index is 13.5. The fraction of sp³-hybridized carbons (Fsp3) is 0.423. The van der Waals surface area contributed by atoms with E-state index >= 15 is 0 Å². The lowest BCUT2D eigenvalue weighted by Gasteiger charge is -2.37. The van der Waals surface area contributed by atoms with E-state index < -0.39 is 21.8 Å². The number of nitrogens with one attached hydrogen (secondary N) is 1. The summed E-state index contributed by atoms with van der Waals surface area (Å²) < 4.78 is 70.2. The van der Waals surface area contributed by atoms with Gasteiger partial charge in [0.1, 0.15) is 0 Å². The number of halogens is 4. The molecule has 0 spiro atoms. The predicted molar refractivity (Wildman–Crippen MR) is 141 cm³/mol. The fourth-order valence-corrected chi connectivity index (χ4v) is 6.97. The minimum absolute atomic E-state index is 0.0907. The lowest BCUT2D eigenvalue weighted by atomic mass is 9.84. The third kappa shape index (κ3) is 5.29. The first-order chi connectivity index (χ1) is 17.9. The van der Waals surface area contributed by atoms with Crippen molar-refractivity contribution in [2.24, 2.45) is 0 Å². The topological polar surface area (TPSA) is 70.5 Å². The molecule has 0 bridgehead atoms. The Kier molecular flexibility index (Phi) is 7.23. The number of aryl methyl sites for hydroxylation is 1. The van der Waals surface area contributed by atoms with Gasteiger partial charge in [-0.05, 0) is 74.2 Å². The van der Waals surface area contributed by atoms with E-state index in [9.17, 15) is 21.6 Å². The van der Waals surface area contributed by atoms with Crippen LogP contribution in [0.1, 0.15) is 28.7 Å². The molecule has 2 aliphatic rings. The van der Waals surface area contributed by atoms with Gasteiger partial charge in [0, 0.05) is 50.3 Å². The zero-order valence-corrected chi connectivity index (χ0v) is 22.7. The average molecular weight is 568 g/mol. The molecule has 1 aliphatic heterocycles. The Labute approximate surface area is 225 Å². The molecule has 5 rings (SSSR count).